The minimum atomic E-state index is -3.95. The Kier molecular flexibility index (Phi) is 6.55. The lowest BCUT2D eigenvalue weighted by Gasteiger charge is -2.27. The number of nitrogens with one attached hydrogen (secondary N) is 1. The highest BCUT2D eigenvalue weighted by atomic mass is 32.2. The molecule has 0 radical (unpaired) electrons. The standard InChI is InChI=1S/C25H26N2O5S/c1-18-12-13-20(14-19(18)2)27(33(29,30)22-8-4-3-5-9-22)16-25(28)26-15-21-17-31-23-10-6-7-11-24(23)32-21/h3-14,21H,15-17H2,1-2H3,(H,26,28). The molecule has 0 spiro atoms. The van der Waals surface area contributed by atoms with Crippen LogP contribution in [0.2, 0.25) is 0 Å². The van der Waals surface area contributed by atoms with Gasteiger partial charge in [0.05, 0.1) is 17.1 Å². The molecule has 4 rings (SSSR count). The van der Waals surface area contributed by atoms with Crippen LogP contribution in [-0.4, -0.2) is 40.1 Å². The number of hydrogen-bond donors (Lipinski definition) is 1. The summed E-state index contributed by atoms with van der Waals surface area (Å²) in [6.07, 6.45) is -0.371. The van der Waals surface area contributed by atoms with Crippen LogP contribution in [0.4, 0.5) is 5.69 Å². The quantitative estimate of drug-likeness (QED) is 0.577. The van der Waals surface area contributed by atoms with Gasteiger partial charge in [-0.1, -0.05) is 36.4 Å². The first-order valence-electron chi connectivity index (χ1n) is 10.6. The Hall–Kier alpha value is -3.52. The molecule has 7 nitrogen and oxygen atoms in total. The summed E-state index contributed by atoms with van der Waals surface area (Å²) in [5, 5.41) is 2.78. The van der Waals surface area contributed by atoms with Gasteiger partial charge in [-0.05, 0) is 61.4 Å². The average molecular weight is 467 g/mol. The molecular formula is C25H26N2O5S. The van der Waals surface area contributed by atoms with Gasteiger partial charge in [0.15, 0.2) is 11.5 Å². The molecule has 1 amide bonds. The maximum Gasteiger partial charge on any atom is 0.264 e. The van der Waals surface area contributed by atoms with Crippen molar-refractivity contribution in [2.24, 2.45) is 0 Å². The molecule has 1 unspecified atom stereocenters. The van der Waals surface area contributed by atoms with Gasteiger partial charge in [-0.25, -0.2) is 8.42 Å². The van der Waals surface area contributed by atoms with Crippen molar-refractivity contribution in [1.29, 1.82) is 0 Å². The van der Waals surface area contributed by atoms with E-state index in [1.165, 1.54) is 12.1 Å². The van der Waals surface area contributed by atoms with E-state index in [1.807, 2.05) is 38.1 Å². The number of para-hydroxylation sites is 2. The van der Waals surface area contributed by atoms with Gasteiger partial charge in [0.25, 0.3) is 10.0 Å². The lowest BCUT2D eigenvalue weighted by molar-refractivity contribution is -0.120. The molecule has 0 saturated heterocycles. The van der Waals surface area contributed by atoms with Crippen molar-refractivity contribution in [3.63, 3.8) is 0 Å². The zero-order chi connectivity index (χ0) is 23.4. The molecule has 1 atom stereocenters. The Labute approximate surface area is 194 Å². The molecule has 0 bridgehead atoms. The lowest BCUT2D eigenvalue weighted by Crippen LogP contribution is -2.45. The fraction of sp³-hybridized carbons (Fsp3) is 0.240. The minimum absolute atomic E-state index is 0.122. The number of rotatable bonds is 7. The first kappa shape index (κ1) is 22.7. The number of aryl methyl sites for hydroxylation is 2. The second kappa shape index (κ2) is 9.54. The third-order valence-corrected chi connectivity index (χ3v) is 7.28. The molecule has 1 heterocycles. The normalized spacial score (nSPS) is 15.0. The van der Waals surface area contributed by atoms with Crippen LogP contribution in [-0.2, 0) is 14.8 Å². The Morgan fingerprint density at radius 3 is 2.39 bits per heavy atom. The minimum Gasteiger partial charge on any atom is -0.486 e. The van der Waals surface area contributed by atoms with E-state index in [9.17, 15) is 13.2 Å². The van der Waals surface area contributed by atoms with Crippen molar-refractivity contribution in [2.75, 3.05) is 24.0 Å². The SMILES string of the molecule is Cc1ccc(N(CC(=O)NCC2COc3ccccc3O2)S(=O)(=O)c2ccccc2)cc1C. The molecule has 1 aliphatic rings. The summed E-state index contributed by atoms with van der Waals surface area (Å²) in [6.45, 7) is 3.99. The highest BCUT2D eigenvalue weighted by Crippen LogP contribution is 2.30. The average Bonchev–Trinajstić information content (AvgIpc) is 2.83. The topological polar surface area (TPSA) is 84.9 Å². The Morgan fingerprint density at radius 1 is 0.970 bits per heavy atom. The number of amides is 1. The van der Waals surface area contributed by atoms with Crippen molar-refractivity contribution < 1.29 is 22.7 Å². The Morgan fingerprint density at radius 2 is 1.67 bits per heavy atom. The van der Waals surface area contributed by atoms with E-state index >= 15 is 0 Å². The highest BCUT2D eigenvalue weighted by Gasteiger charge is 2.28. The van der Waals surface area contributed by atoms with Gasteiger partial charge in [0, 0.05) is 0 Å². The number of anilines is 1. The van der Waals surface area contributed by atoms with E-state index in [1.54, 1.807) is 36.4 Å². The van der Waals surface area contributed by atoms with Gasteiger partial charge in [-0.3, -0.25) is 9.10 Å². The van der Waals surface area contributed by atoms with Crippen LogP contribution in [0.3, 0.4) is 0 Å². The van der Waals surface area contributed by atoms with Gasteiger partial charge in [0.1, 0.15) is 19.3 Å². The van der Waals surface area contributed by atoms with Gasteiger partial charge in [-0.15, -0.1) is 0 Å². The molecule has 33 heavy (non-hydrogen) atoms. The first-order chi connectivity index (χ1) is 15.8. The summed E-state index contributed by atoms with van der Waals surface area (Å²) in [5.74, 6) is 0.844. The van der Waals surface area contributed by atoms with Gasteiger partial charge in [0.2, 0.25) is 5.91 Å². The van der Waals surface area contributed by atoms with Gasteiger partial charge in [-0.2, -0.15) is 0 Å². The lowest BCUT2D eigenvalue weighted by atomic mass is 10.1. The van der Waals surface area contributed by atoms with Crippen LogP contribution in [0.15, 0.2) is 77.7 Å². The molecule has 3 aromatic carbocycles. The number of nitrogens with zero attached hydrogens (tertiary/aromatic N) is 1. The fourth-order valence-corrected chi connectivity index (χ4v) is 4.93. The predicted molar refractivity (Wildman–Crippen MR) is 126 cm³/mol. The summed E-state index contributed by atoms with van der Waals surface area (Å²) >= 11 is 0. The summed E-state index contributed by atoms with van der Waals surface area (Å²) < 4.78 is 39.5. The maximum absolute atomic E-state index is 13.4. The number of carbonyl (C=O) groups is 1. The highest BCUT2D eigenvalue weighted by molar-refractivity contribution is 7.92. The molecule has 1 aliphatic heterocycles. The van der Waals surface area contributed by atoms with Crippen molar-refractivity contribution >= 4 is 21.6 Å². The summed E-state index contributed by atoms with van der Waals surface area (Å²) in [7, 11) is -3.95. The van der Waals surface area contributed by atoms with E-state index in [0.717, 1.165) is 15.4 Å². The molecule has 0 aliphatic carbocycles. The van der Waals surface area contributed by atoms with Crippen LogP contribution >= 0.6 is 0 Å². The van der Waals surface area contributed by atoms with Crippen molar-refractivity contribution in [3.8, 4) is 11.5 Å². The van der Waals surface area contributed by atoms with Crippen LogP contribution < -0.4 is 19.1 Å². The molecule has 3 aromatic rings. The molecule has 172 valence electrons. The van der Waals surface area contributed by atoms with Gasteiger partial charge < -0.3 is 14.8 Å². The fourth-order valence-electron chi connectivity index (χ4n) is 3.49. The van der Waals surface area contributed by atoms with Crippen molar-refractivity contribution in [2.45, 2.75) is 24.8 Å². The first-order valence-corrected chi connectivity index (χ1v) is 12.1. The molecule has 8 heteroatoms. The van der Waals surface area contributed by atoms with Crippen LogP contribution in [0, 0.1) is 13.8 Å². The number of carbonyl (C=O) groups excluding carboxylic acids is 1. The van der Waals surface area contributed by atoms with Crippen molar-refractivity contribution in [1.82, 2.24) is 5.32 Å². The predicted octanol–water partition coefficient (Wildman–Crippen LogP) is 3.45. The number of fused-ring (bicyclic) bond motifs is 1. The number of benzene rings is 3. The van der Waals surface area contributed by atoms with Crippen LogP contribution in [0.5, 0.6) is 11.5 Å². The number of sulfonamides is 1. The van der Waals surface area contributed by atoms with Crippen LogP contribution in [0.1, 0.15) is 11.1 Å². The molecule has 0 saturated carbocycles. The second-order valence-electron chi connectivity index (χ2n) is 7.89. The summed E-state index contributed by atoms with van der Waals surface area (Å²) in [4.78, 5) is 13.0. The summed E-state index contributed by atoms with van der Waals surface area (Å²) in [6, 6.07) is 20.8. The van der Waals surface area contributed by atoms with E-state index in [-0.39, 0.29) is 24.1 Å². The maximum atomic E-state index is 13.4. The third kappa shape index (κ3) is 5.12. The molecule has 0 fully saturated rings. The van der Waals surface area contributed by atoms with E-state index in [0.29, 0.717) is 23.8 Å². The Balaban J connectivity index is 1.50. The van der Waals surface area contributed by atoms with Crippen LogP contribution in [0.25, 0.3) is 0 Å². The smallest absolute Gasteiger partial charge is 0.264 e. The number of hydrogen-bond acceptors (Lipinski definition) is 5. The third-order valence-electron chi connectivity index (χ3n) is 5.49. The zero-order valence-corrected chi connectivity index (χ0v) is 19.3. The number of ether oxygens (including phenoxy) is 2. The van der Waals surface area contributed by atoms with E-state index in [4.69, 9.17) is 9.47 Å². The molecule has 0 aromatic heterocycles. The molecule has 1 N–H and O–H groups in total. The largest absolute Gasteiger partial charge is 0.486 e. The zero-order valence-electron chi connectivity index (χ0n) is 18.5. The summed E-state index contributed by atoms with van der Waals surface area (Å²) in [5.41, 5.74) is 2.41. The molecular weight excluding hydrogens is 440 g/mol. The monoisotopic (exact) mass is 466 g/mol. The van der Waals surface area contributed by atoms with E-state index < -0.39 is 15.9 Å². The second-order valence-corrected chi connectivity index (χ2v) is 9.76. The Bertz CT molecular complexity index is 1240. The van der Waals surface area contributed by atoms with Crippen molar-refractivity contribution in [3.05, 3.63) is 83.9 Å². The van der Waals surface area contributed by atoms with E-state index in [2.05, 4.69) is 5.32 Å². The van der Waals surface area contributed by atoms with Gasteiger partial charge >= 0.3 is 0 Å².